The zero-order valence-electron chi connectivity index (χ0n) is 8.69. The molecule has 80 valence electrons. The lowest BCUT2D eigenvalue weighted by Gasteiger charge is -2.05. The molecule has 0 aromatic heterocycles. The molecular formula is C14H11ClS. The Labute approximate surface area is 106 Å². The maximum atomic E-state index is 6.10. The summed E-state index contributed by atoms with van der Waals surface area (Å²) in [6.07, 6.45) is 0.721. The Kier molecular flexibility index (Phi) is 3.70. The number of benzene rings is 2. The Balaban J connectivity index is 2.18. The molecule has 0 aliphatic carbocycles. The number of thiocarbonyl (C=S) groups is 1. The fraction of sp³-hybridized carbons (Fsp3) is 0.0714. The lowest BCUT2D eigenvalue weighted by Crippen LogP contribution is -2.01. The Bertz CT molecular complexity index is 491. The van der Waals surface area contributed by atoms with Crippen LogP contribution >= 0.6 is 23.8 Å². The molecule has 16 heavy (non-hydrogen) atoms. The topological polar surface area (TPSA) is 0 Å². The van der Waals surface area contributed by atoms with Gasteiger partial charge in [-0.25, -0.2) is 0 Å². The standard InChI is InChI=1S/C14H11ClS/c15-13-9-5-4-8-12(13)10-14(16)11-6-2-1-3-7-11/h1-9H,10H2. The molecule has 0 saturated heterocycles. The van der Waals surface area contributed by atoms with Crippen LogP contribution in [0, 0.1) is 0 Å². The first-order valence-electron chi connectivity index (χ1n) is 5.09. The lowest BCUT2D eigenvalue weighted by molar-refractivity contribution is 1.35. The molecule has 2 aromatic carbocycles. The molecule has 0 amide bonds. The highest BCUT2D eigenvalue weighted by molar-refractivity contribution is 7.80. The third-order valence-corrected chi connectivity index (χ3v) is 3.15. The van der Waals surface area contributed by atoms with Gasteiger partial charge in [-0.05, 0) is 17.2 Å². The molecule has 0 radical (unpaired) electrons. The maximum Gasteiger partial charge on any atom is 0.0441 e. The van der Waals surface area contributed by atoms with E-state index < -0.39 is 0 Å². The van der Waals surface area contributed by atoms with E-state index in [-0.39, 0.29) is 0 Å². The van der Waals surface area contributed by atoms with Crippen molar-refractivity contribution in [3.63, 3.8) is 0 Å². The Hall–Kier alpha value is -1.18. The second-order valence-electron chi connectivity index (χ2n) is 3.56. The van der Waals surface area contributed by atoms with Gasteiger partial charge < -0.3 is 0 Å². The summed E-state index contributed by atoms with van der Waals surface area (Å²) in [5, 5.41) is 0.779. The highest BCUT2D eigenvalue weighted by Gasteiger charge is 2.04. The van der Waals surface area contributed by atoms with Crippen molar-refractivity contribution in [2.75, 3.05) is 0 Å². The van der Waals surface area contributed by atoms with Crippen LogP contribution in [0.1, 0.15) is 11.1 Å². The molecule has 0 spiro atoms. The second kappa shape index (κ2) is 5.24. The number of hydrogen-bond acceptors (Lipinski definition) is 1. The van der Waals surface area contributed by atoms with E-state index in [2.05, 4.69) is 0 Å². The fourth-order valence-corrected chi connectivity index (χ4v) is 2.03. The summed E-state index contributed by atoms with van der Waals surface area (Å²) in [6, 6.07) is 17.8. The van der Waals surface area contributed by atoms with Gasteiger partial charge >= 0.3 is 0 Å². The smallest absolute Gasteiger partial charge is 0.0441 e. The molecular weight excluding hydrogens is 236 g/mol. The first kappa shape index (κ1) is 11.3. The van der Waals surface area contributed by atoms with Crippen LogP contribution < -0.4 is 0 Å². The zero-order chi connectivity index (χ0) is 11.4. The average Bonchev–Trinajstić information content (AvgIpc) is 2.33. The molecule has 0 nitrogen and oxygen atoms in total. The van der Waals surface area contributed by atoms with E-state index in [4.69, 9.17) is 23.8 Å². The molecule has 0 atom stereocenters. The molecule has 0 aliphatic rings. The van der Waals surface area contributed by atoms with Crippen LogP contribution in [0.4, 0.5) is 0 Å². The van der Waals surface area contributed by atoms with Crippen LogP contribution in [0.15, 0.2) is 54.6 Å². The second-order valence-corrected chi connectivity index (χ2v) is 4.46. The van der Waals surface area contributed by atoms with Gasteiger partial charge in [0.15, 0.2) is 0 Å². The molecule has 0 N–H and O–H groups in total. The Morgan fingerprint density at radius 3 is 2.25 bits per heavy atom. The summed E-state index contributed by atoms with van der Waals surface area (Å²) in [5.41, 5.74) is 2.18. The third kappa shape index (κ3) is 2.69. The van der Waals surface area contributed by atoms with Gasteiger partial charge in [-0.15, -0.1) is 0 Å². The molecule has 0 saturated carbocycles. The minimum absolute atomic E-state index is 0.721. The van der Waals surface area contributed by atoms with Gasteiger partial charge in [0.25, 0.3) is 0 Å². The van der Waals surface area contributed by atoms with Crippen molar-refractivity contribution in [2.45, 2.75) is 6.42 Å². The van der Waals surface area contributed by atoms with Gasteiger partial charge in [-0.1, -0.05) is 72.3 Å². The average molecular weight is 247 g/mol. The van der Waals surface area contributed by atoms with E-state index in [0.29, 0.717) is 0 Å². The van der Waals surface area contributed by atoms with Crippen LogP contribution in [0.3, 0.4) is 0 Å². The number of rotatable bonds is 3. The Morgan fingerprint density at radius 2 is 1.56 bits per heavy atom. The van der Waals surface area contributed by atoms with E-state index in [9.17, 15) is 0 Å². The van der Waals surface area contributed by atoms with Crippen molar-refractivity contribution in [3.05, 3.63) is 70.7 Å². The molecule has 0 fully saturated rings. The zero-order valence-corrected chi connectivity index (χ0v) is 10.3. The summed E-state index contributed by atoms with van der Waals surface area (Å²) in [4.78, 5) is 0.925. The van der Waals surface area contributed by atoms with Crippen molar-refractivity contribution in [1.82, 2.24) is 0 Å². The van der Waals surface area contributed by atoms with Crippen LogP contribution in [-0.2, 0) is 6.42 Å². The van der Waals surface area contributed by atoms with Crippen LogP contribution in [0.25, 0.3) is 0 Å². The van der Waals surface area contributed by atoms with E-state index in [0.717, 1.165) is 27.4 Å². The predicted octanol–water partition coefficient (Wildman–Crippen LogP) is 4.30. The molecule has 2 aromatic rings. The van der Waals surface area contributed by atoms with E-state index >= 15 is 0 Å². The van der Waals surface area contributed by atoms with Gasteiger partial charge in [0.1, 0.15) is 0 Å². The van der Waals surface area contributed by atoms with E-state index in [1.165, 1.54) is 0 Å². The van der Waals surface area contributed by atoms with Crippen LogP contribution in [-0.4, -0.2) is 4.86 Å². The minimum atomic E-state index is 0.721. The van der Waals surface area contributed by atoms with Gasteiger partial charge in [-0.2, -0.15) is 0 Å². The van der Waals surface area contributed by atoms with E-state index in [1.54, 1.807) is 0 Å². The molecule has 2 heteroatoms. The van der Waals surface area contributed by atoms with Crippen molar-refractivity contribution < 1.29 is 0 Å². The first-order valence-corrected chi connectivity index (χ1v) is 5.87. The SMILES string of the molecule is S=C(Cc1ccccc1Cl)c1ccccc1. The minimum Gasteiger partial charge on any atom is -0.0840 e. The highest BCUT2D eigenvalue weighted by Crippen LogP contribution is 2.17. The van der Waals surface area contributed by atoms with Crippen molar-refractivity contribution in [1.29, 1.82) is 0 Å². The van der Waals surface area contributed by atoms with Gasteiger partial charge in [0.2, 0.25) is 0 Å². The van der Waals surface area contributed by atoms with Crippen LogP contribution in [0.5, 0.6) is 0 Å². The van der Waals surface area contributed by atoms with Gasteiger partial charge in [0, 0.05) is 16.3 Å². The predicted molar refractivity (Wildman–Crippen MR) is 73.3 cm³/mol. The largest absolute Gasteiger partial charge is 0.0840 e. The molecule has 0 heterocycles. The van der Waals surface area contributed by atoms with Crippen LogP contribution in [0.2, 0.25) is 5.02 Å². The highest BCUT2D eigenvalue weighted by atomic mass is 35.5. The first-order chi connectivity index (χ1) is 7.77. The summed E-state index contributed by atoms with van der Waals surface area (Å²) >= 11 is 11.5. The Morgan fingerprint density at radius 1 is 0.938 bits per heavy atom. The molecule has 0 bridgehead atoms. The summed E-state index contributed by atoms with van der Waals surface area (Å²) in [5.74, 6) is 0. The monoisotopic (exact) mass is 246 g/mol. The normalized spacial score (nSPS) is 10.1. The molecule has 2 rings (SSSR count). The van der Waals surface area contributed by atoms with Gasteiger partial charge in [-0.3, -0.25) is 0 Å². The quantitative estimate of drug-likeness (QED) is 0.575. The molecule has 0 aliphatic heterocycles. The number of hydrogen-bond donors (Lipinski definition) is 0. The summed E-state index contributed by atoms with van der Waals surface area (Å²) in [6.45, 7) is 0. The number of halogens is 1. The third-order valence-electron chi connectivity index (χ3n) is 2.40. The fourth-order valence-electron chi connectivity index (χ4n) is 1.54. The van der Waals surface area contributed by atoms with Crippen molar-refractivity contribution in [3.8, 4) is 0 Å². The maximum absolute atomic E-state index is 6.10. The van der Waals surface area contributed by atoms with E-state index in [1.807, 2.05) is 54.6 Å². The molecule has 0 unspecified atom stereocenters. The van der Waals surface area contributed by atoms with Crippen molar-refractivity contribution in [2.24, 2.45) is 0 Å². The summed E-state index contributed by atoms with van der Waals surface area (Å²) in [7, 11) is 0. The van der Waals surface area contributed by atoms with Gasteiger partial charge in [0.05, 0.1) is 0 Å². The van der Waals surface area contributed by atoms with Crippen molar-refractivity contribution >= 4 is 28.7 Å². The lowest BCUT2D eigenvalue weighted by atomic mass is 10.0. The summed E-state index contributed by atoms with van der Waals surface area (Å²) < 4.78 is 0.